The van der Waals surface area contributed by atoms with Gasteiger partial charge in [0.1, 0.15) is 5.60 Å². The van der Waals surface area contributed by atoms with Crippen LogP contribution in [0, 0.1) is 0 Å². The Morgan fingerprint density at radius 2 is 2.38 bits per heavy atom. The van der Waals surface area contributed by atoms with E-state index in [1.807, 2.05) is 0 Å². The first-order chi connectivity index (χ1) is 6.03. The van der Waals surface area contributed by atoms with Crippen molar-refractivity contribution < 1.29 is 10.2 Å². The molecule has 6 nitrogen and oxygen atoms in total. The summed E-state index contributed by atoms with van der Waals surface area (Å²) in [6.07, 6.45) is 0. The number of hydrogen-bond donors (Lipinski definition) is 4. The van der Waals surface area contributed by atoms with Gasteiger partial charge in [-0.3, -0.25) is 0 Å². The lowest BCUT2D eigenvalue weighted by atomic mass is 10.1. The fourth-order valence-electron chi connectivity index (χ4n) is 0.629. The summed E-state index contributed by atoms with van der Waals surface area (Å²) >= 11 is 1.11. The summed E-state index contributed by atoms with van der Waals surface area (Å²) in [4.78, 5) is 3.83. The van der Waals surface area contributed by atoms with Crippen LogP contribution in [0.1, 0.15) is 6.92 Å². The molecule has 0 saturated heterocycles. The fourth-order valence-corrected chi connectivity index (χ4v) is 1.12. The third-order valence-electron chi connectivity index (χ3n) is 1.40. The molecule has 0 spiro atoms. The minimum absolute atomic E-state index is 0.205. The van der Waals surface area contributed by atoms with Crippen molar-refractivity contribution in [2.45, 2.75) is 12.5 Å². The standard InChI is InChI=1S/C6H12N4O2S/c1-6(12,3-11)2-8-5-9-4(7)10-13-5/h11-12H,2-3H2,1H3,(H3,7,8,9,10). The Balaban J connectivity index is 2.43. The van der Waals surface area contributed by atoms with Gasteiger partial charge in [0, 0.05) is 18.1 Å². The number of nitrogens with one attached hydrogen (secondary N) is 1. The highest BCUT2D eigenvalue weighted by atomic mass is 32.1. The van der Waals surface area contributed by atoms with Crippen molar-refractivity contribution in [2.24, 2.45) is 0 Å². The second-order valence-corrected chi connectivity index (χ2v) is 3.72. The number of aliphatic hydroxyl groups is 2. The molecule has 0 saturated carbocycles. The van der Waals surface area contributed by atoms with Crippen LogP contribution in [0.15, 0.2) is 0 Å². The minimum Gasteiger partial charge on any atom is -0.393 e. The number of aliphatic hydroxyl groups excluding tert-OH is 1. The summed E-state index contributed by atoms with van der Waals surface area (Å²) in [6, 6.07) is 0. The largest absolute Gasteiger partial charge is 0.393 e. The van der Waals surface area contributed by atoms with Crippen LogP contribution < -0.4 is 11.1 Å². The molecule has 0 aliphatic carbocycles. The second kappa shape index (κ2) is 3.86. The Labute approximate surface area is 79.6 Å². The van der Waals surface area contributed by atoms with Crippen LogP contribution in [0.4, 0.5) is 11.1 Å². The van der Waals surface area contributed by atoms with Crippen molar-refractivity contribution in [3.8, 4) is 0 Å². The first kappa shape index (κ1) is 10.2. The Kier molecular flexibility index (Phi) is 3.02. The van der Waals surface area contributed by atoms with Crippen LogP contribution >= 0.6 is 11.5 Å². The van der Waals surface area contributed by atoms with Crippen molar-refractivity contribution in [2.75, 3.05) is 24.2 Å². The predicted octanol–water partition coefficient (Wildman–Crippen LogP) is -0.725. The van der Waals surface area contributed by atoms with Gasteiger partial charge in [0.2, 0.25) is 11.1 Å². The average Bonchev–Trinajstić information content (AvgIpc) is 2.48. The fraction of sp³-hybridized carbons (Fsp3) is 0.667. The van der Waals surface area contributed by atoms with Gasteiger partial charge in [0.15, 0.2) is 0 Å². The molecule has 1 aromatic rings. The third-order valence-corrected chi connectivity index (χ3v) is 2.09. The molecule has 0 amide bonds. The Bertz CT molecular complexity index is 275. The zero-order chi connectivity index (χ0) is 9.90. The monoisotopic (exact) mass is 204 g/mol. The van der Waals surface area contributed by atoms with Gasteiger partial charge < -0.3 is 21.3 Å². The van der Waals surface area contributed by atoms with E-state index in [9.17, 15) is 5.11 Å². The van der Waals surface area contributed by atoms with Gasteiger partial charge in [-0.25, -0.2) is 0 Å². The Morgan fingerprint density at radius 3 is 2.85 bits per heavy atom. The summed E-state index contributed by atoms with van der Waals surface area (Å²) in [7, 11) is 0. The molecule has 0 bridgehead atoms. The van der Waals surface area contributed by atoms with Gasteiger partial charge in [0.05, 0.1) is 6.61 Å². The van der Waals surface area contributed by atoms with Gasteiger partial charge in [-0.05, 0) is 6.92 Å². The lowest BCUT2D eigenvalue weighted by Gasteiger charge is -2.19. The van der Waals surface area contributed by atoms with Gasteiger partial charge in [-0.1, -0.05) is 0 Å². The molecule has 1 unspecified atom stereocenters. The number of nitrogens with zero attached hydrogens (tertiary/aromatic N) is 2. The number of rotatable bonds is 4. The summed E-state index contributed by atoms with van der Waals surface area (Å²) < 4.78 is 3.74. The van der Waals surface area contributed by atoms with Crippen molar-refractivity contribution >= 4 is 22.6 Å². The lowest BCUT2D eigenvalue weighted by molar-refractivity contribution is 0.0132. The SMILES string of the molecule is CC(O)(CO)CNc1nc(N)ns1. The summed E-state index contributed by atoms with van der Waals surface area (Å²) in [5.41, 5.74) is 4.13. The van der Waals surface area contributed by atoms with E-state index in [0.29, 0.717) is 5.13 Å². The van der Waals surface area contributed by atoms with E-state index in [2.05, 4.69) is 14.7 Å². The van der Waals surface area contributed by atoms with Crippen LogP contribution in [0.25, 0.3) is 0 Å². The van der Waals surface area contributed by atoms with Crippen molar-refractivity contribution in [3.63, 3.8) is 0 Å². The van der Waals surface area contributed by atoms with Crippen molar-refractivity contribution in [3.05, 3.63) is 0 Å². The molecule has 0 aliphatic heterocycles. The van der Waals surface area contributed by atoms with E-state index in [-0.39, 0.29) is 19.1 Å². The van der Waals surface area contributed by atoms with E-state index in [1.54, 1.807) is 0 Å². The topological polar surface area (TPSA) is 104 Å². The first-order valence-corrected chi connectivity index (χ1v) is 4.47. The maximum Gasteiger partial charge on any atom is 0.233 e. The third kappa shape index (κ3) is 3.13. The minimum atomic E-state index is -1.15. The Hall–Kier alpha value is -0.920. The zero-order valence-corrected chi connectivity index (χ0v) is 8.01. The maximum atomic E-state index is 9.40. The quantitative estimate of drug-likeness (QED) is 0.516. The van der Waals surface area contributed by atoms with E-state index < -0.39 is 5.60 Å². The van der Waals surface area contributed by atoms with Crippen LogP contribution in [0.2, 0.25) is 0 Å². The maximum absolute atomic E-state index is 9.40. The van der Waals surface area contributed by atoms with Crippen LogP contribution in [0.5, 0.6) is 0 Å². The lowest BCUT2D eigenvalue weighted by Crippen LogP contribution is -2.37. The molecule has 74 valence electrons. The average molecular weight is 204 g/mol. The van der Waals surface area contributed by atoms with E-state index in [0.717, 1.165) is 11.5 Å². The summed E-state index contributed by atoms with van der Waals surface area (Å²) in [5, 5.41) is 21.5. The van der Waals surface area contributed by atoms with E-state index in [1.165, 1.54) is 6.92 Å². The molecule has 13 heavy (non-hydrogen) atoms. The number of anilines is 2. The van der Waals surface area contributed by atoms with Gasteiger partial charge in [-0.15, -0.1) is 0 Å². The number of nitrogen functional groups attached to an aromatic ring is 1. The predicted molar refractivity (Wildman–Crippen MR) is 50.5 cm³/mol. The molecule has 1 atom stereocenters. The molecule has 0 aromatic carbocycles. The summed E-state index contributed by atoms with van der Waals surface area (Å²) in [6.45, 7) is 1.41. The zero-order valence-electron chi connectivity index (χ0n) is 7.19. The molecule has 0 aliphatic rings. The first-order valence-electron chi connectivity index (χ1n) is 3.70. The highest BCUT2D eigenvalue weighted by Gasteiger charge is 2.18. The number of nitrogens with two attached hydrogens (primary N) is 1. The Morgan fingerprint density at radius 1 is 1.69 bits per heavy atom. The van der Waals surface area contributed by atoms with E-state index in [4.69, 9.17) is 10.8 Å². The molecule has 5 N–H and O–H groups in total. The van der Waals surface area contributed by atoms with Gasteiger partial charge >= 0.3 is 0 Å². The van der Waals surface area contributed by atoms with Crippen LogP contribution in [-0.2, 0) is 0 Å². The van der Waals surface area contributed by atoms with Crippen molar-refractivity contribution in [1.29, 1.82) is 0 Å². The van der Waals surface area contributed by atoms with E-state index >= 15 is 0 Å². The molecular formula is C6H12N4O2S. The van der Waals surface area contributed by atoms with Crippen LogP contribution in [0.3, 0.4) is 0 Å². The highest BCUT2D eigenvalue weighted by Crippen LogP contribution is 2.13. The summed E-state index contributed by atoms with van der Waals surface area (Å²) in [5.74, 6) is 0.205. The smallest absolute Gasteiger partial charge is 0.233 e. The second-order valence-electron chi connectivity index (χ2n) is 2.97. The molecule has 0 fully saturated rings. The molecule has 1 rings (SSSR count). The van der Waals surface area contributed by atoms with Gasteiger partial charge in [-0.2, -0.15) is 9.36 Å². The molecule has 7 heteroatoms. The molecule has 1 heterocycles. The molecular weight excluding hydrogens is 192 g/mol. The number of hydrogen-bond acceptors (Lipinski definition) is 7. The number of aromatic nitrogens is 2. The van der Waals surface area contributed by atoms with Crippen LogP contribution in [-0.4, -0.2) is 38.3 Å². The van der Waals surface area contributed by atoms with Gasteiger partial charge in [0.25, 0.3) is 0 Å². The normalized spacial score (nSPS) is 15.3. The highest BCUT2D eigenvalue weighted by molar-refractivity contribution is 7.09. The molecule has 1 aromatic heterocycles. The van der Waals surface area contributed by atoms with Crippen molar-refractivity contribution in [1.82, 2.24) is 9.36 Å². The molecule has 0 radical (unpaired) electrons.